The summed E-state index contributed by atoms with van der Waals surface area (Å²) in [6.07, 6.45) is 21.9. The molecule has 0 fully saturated rings. The summed E-state index contributed by atoms with van der Waals surface area (Å²) in [6, 6.07) is 9.68. The van der Waals surface area contributed by atoms with Crippen LogP contribution in [0.25, 0.3) is 0 Å². The average Bonchev–Trinajstić information content (AvgIpc) is 2.72. The second-order valence-electron chi connectivity index (χ2n) is 7.32. The molecule has 28 heavy (non-hydrogen) atoms. The lowest BCUT2D eigenvalue weighted by Gasteiger charge is -1.99. The van der Waals surface area contributed by atoms with E-state index in [0.717, 1.165) is 18.6 Å². The Hall–Kier alpha value is -1.77. The average molecular weight is 390 g/mol. The number of primary amides is 1. The number of unbranched alkanes of at least 4 members (excludes halogenated alkanes) is 11. The van der Waals surface area contributed by atoms with Crippen LogP contribution in [0.2, 0.25) is 0 Å². The zero-order chi connectivity index (χ0) is 20.7. The number of hydrogen-bond donors (Lipinski definition) is 1. The van der Waals surface area contributed by atoms with Gasteiger partial charge in [-0.3, -0.25) is 4.79 Å². The number of carbonyl (C=O) groups is 1. The summed E-state index contributed by atoms with van der Waals surface area (Å²) in [5.74, 6) is 0.745. The summed E-state index contributed by atoms with van der Waals surface area (Å²) < 4.78 is 4.91. The van der Waals surface area contributed by atoms with Gasteiger partial charge in [0.15, 0.2) is 0 Å². The normalized spacial score (nSPS) is 10.5. The van der Waals surface area contributed by atoms with Crippen molar-refractivity contribution in [3.63, 3.8) is 0 Å². The molecule has 0 atom stereocenters. The van der Waals surface area contributed by atoms with E-state index in [2.05, 4.69) is 19.1 Å². The number of hydrogen-bond acceptors (Lipinski definition) is 2. The number of nitrogens with two attached hydrogens (primary N) is 1. The van der Waals surface area contributed by atoms with Gasteiger partial charge in [0, 0.05) is 6.42 Å². The fraction of sp³-hybridized carbons (Fsp3) is 0.640. The maximum Gasteiger partial charge on any atom is 0.217 e. The Bertz CT molecular complexity index is 471. The van der Waals surface area contributed by atoms with Gasteiger partial charge in [0.05, 0.1) is 7.11 Å². The smallest absolute Gasteiger partial charge is 0.217 e. The first kappa shape index (κ1) is 26.2. The Labute approximate surface area is 173 Å². The van der Waals surface area contributed by atoms with Crippen molar-refractivity contribution >= 4 is 5.91 Å². The standard InChI is InChI=1S/C18H35NO.C7H8O/c1-2-3-4-5-6-7-8-9-10-11-12-13-14-15-16-17-18(19)20;1-8-7-5-3-2-4-6-7/h9-10H,2-8,11-17H2,1H3,(H2,19,20);2-6H,1H3/b10-9-;. The highest BCUT2D eigenvalue weighted by Crippen LogP contribution is 2.09. The van der Waals surface area contributed by atoms with Crippen LogP contribution in [0.5, 0.6) is 5.75 Å². The predicted octanol–water partition coefficient (Wildman–Crippen LogP) is 7.20. The van der Waals surface area contributed by atoms with Crippen molar-refractivity contribution in [3.8, 4) is 5.75 Å². The molecule has 1 amide bonds. The van der Waals surface area contributed by atoms with E-state index in [9.17, 15) is 4.79 Å². The van der Waals surface area contributed by atoms with Gasteiger partial charge < -0.3 is 10.5 Å². The van der Waals surface area contributed by atoms with Gasteiger partial charge in [-0.1, -0.05) is 88.6 Å². The van der Waals surface area contributed by atoms with Crippen LogP contribution in [0.4, 0.5) is 0 Å². The van der Waals surface area contributed by atoms with Gasteiger partial charge in [0.2, 0.25) is 5.91 Å². The van der Waals surface area contributed by atoms with Crippen molar-refractivity contribution in [2.75, 3.05) is 7.11 Å². The third-order valence-electron chi connectivity index (χ3n) is 4.66. The van der Waals surface area contributed by atoms with Gasteiger partial charge in [-0.15, -0.1) is 0 Å². The van der Waals surface area contributed by atoms with Crippen molar-refractivity contribution in [1.29, 1.82) is 0 Å². The predicted molar refractivity (Wildman–Crippen MR) is 122 cm³/mol. The molecule has 160 valence electrons. The van der Waals surface area contributed by atoms with Gasteiger partial charge in [-0.05, 0) is 44.2 Å². The SMILES string of the molecule is CCCCCCCC/C=C\CCCCCCCC(N)=O.COc1ccccc1. The van der Waals surface area contributed by atoms with Crippen molar-refractivity contribution in [2.24, 2.45) is 5.73 Å². The van der Waals surface area contributed by atoms with Crippen LogP contribution < -0.4 is 10.5 Å². The maximum absolute atomic E-state index is 10.5. The summed E-state index contributed by atoms with van der Waals surface area (Å²) in [5.41, 5.74) is 5.10. The topological polar surface area (TPSA) is 52.3 Å². The minimum atomic E-state index is -0.164. The van der Waals surface area contributed by atoms with E-state index in [4.69, 9.17) is 10.5 Å². The molecule has 0 aliphatic carbocycles. The second-order valence-corrected chi connectivity index (χ2v) is 7.32. The quantitative estimate of drug-likeness (QED) is 0.240. The molecule has 1 aromatic rings. The van der Waals surface area contributed by atoms with Crippen LogP contribution in [-0.4, -0.2) is 13.0 Å². The van der Waals surface area contributed by atoms with E-state index in [1.54, 1.807) is 7.11 Å². The summed E-state index contributed by atoms with van der Waals surface area (Å²) in [6.45, 7) is 2.26. The summed E-state index contributed by atoms with van der Waals surface area (Å²) in [4.78, 5) is 10.5. The summed E-state index contributed by atoms with van der Waals surface area (Å²) in [5, 5.41) is 0. The van der Waals surface area contributed by atoms with Crippen LogP contribution in [-0.2, 0) is 4.79 Å². The van der Waals surface area contributed by atoms with Gasteiger partial charge in [-0.25, -0.2) is 0 Å². The second kappa shape index (κ2) is 21.5. The zero-order valence-electron chi connectivity index (χ0n) is 18.3. The molecule has 0 radical (unpaired) electrons. The zero-order valence-corrected chi connectivity index (χ0v) is 18.3. The van der Waals surface area contributed by atoms with Gasteiger partial charge >= 0.3 is 0 Å². The molecule has 1 rings (SSSR count). The van der Waals surface area contributed by atoms with Crippen LogP contribution in [0, 0.1) is 0 Å². The number of allylic oxidation sites excluding steroid dienone is 2. The summed E-state index contributed by atoms with van der Waals surface area (Å²) in [7, 11) is 1.66. The first-order valence-electron chi connectivity index (χ1n) is 11.2. The molecule has 0 saturated carbocycles. The Balaban J connectivity index is 0.000000749. The number of carbonyl (C=O) groups excluding carboxylic acids is 1. The maximum atomic E-state index is 10.5. The highest BCUT2D eigenvalue weighted by atomic mass is 16.5. The van der Waals surface area contributed by atoms with Crippen LogP contribution >= 0.6 is 0 Å². The monoisotopic (exact) mass is 389 g/mol. The van der Waals surface area contributed by atoms with Crippen molar-refractivity contribution in [2.45, 2.75) is 96.8 Å². The molecule has 2 N–H and O–H groups in total. The van der Waals surface area contributed by atoms with Gasteiger partial charge in [0.1, 0.15) is 5.75 Å². The lowest BCUT2D eigenvalue weighted by atomic mass is 10.1. The van der Waals surface area contributed by atoms with Crippen LogP contribution in [0.1, 0.15) is 96.8 Å². The molecule has 0 aliphatic rings. The third-order valence-corrected chi connectivity index (χ3v) is 4.66. The molecule has 0 saturated heterocycles. The molecule has 0 unspecified atom stereocenters. The van der Waals surface area contributed by atoms with E-state index >= 15 is 0 Å². The fourth-order valence-corrected chi connectivity index (χ4v) is 2.93. The number of amides is 1. The van der Waals surface area contributed by atoms with Crippen molar-refractivity contribution in [1.82, 2.24) is 0 Å². The van der Waals surface area contributed by atoms with E-state index < -0.39 is 0 Å². The van der Waals surface area contributed by atoms with Gasteiger partial charge in [-0.2, -0.15) is 0 Å². The van der Waals surface area contributed by atoms with Crippen LogP contribution in [0.15, 0.2) is 42.5 Å². The number of para-hydroxylation sites is 1. The Morgan fingerprint density at radius 1 is 0.821 bits per heavy atom. The number of methoxy groups -OCH3 is 1. The largest absolute Gasteiger partial charge is 0.497 e. The molecule has 0 spiro atoms. The first-order valence-corrected chi connectivity index (χ1v) is 11.2. The van der Waals surface area contributed by atoms with E-state index in [-0.39, 0.29) is 5.91 Å². The molecule has 0 aliphatic heterocycles. The Kier molecular flexibility index (Phi) is 20.2. The van der Waals surface area contributed by atoms with Gasteiger partial charge in [0.25, 0.3) is 0 Å². The fourth-order valence-electron chi connectivity index (χ4n) is 2.93. The lowest BCUT2D eigenvalue weighted by Crippen LogP contribution is -2.09. The molecule has 1 aromatic carbocycles. The Morgan fingerprint density at radius 3 is 1.79 bits per heavy atom. The highest BCUT2D eigenvalue weighted by molar-refractivity contribution is 5.73. The summed E-state index contributed by atoms with van der Waals surface area (Å²) >= 11 is 0. The van der Waals surface area contributed by atoms with E-state index in [1.807, 2.05) is 30.3 Å². The molecular formula is C25H43NO2. The number of benzene rings is 1. The molecule has 0 aromatic heterocycles. The molecule has 0 heterocycles. The van der Waals surface area contributed by atoms with Crippen molar-refractivity contribution < 1.29 is 9.53 Å². The number of rotatable bonds is 16. The first-order chi connectivity index (χ1) is 13.7. The third kappa shape index (κ3) is 20.5. The van der Waals surface area contributed by atoms with E-state index in [0.29, 0.717) is 6.42 Å². The molecule has 3 nitrogen and oxygen atoms in total. The lowest BCUT2D eigenvalue weighted by molar-refractivity contribution is -0.118. The minimum Gasteiger partial charge on any atom is -0.497 e. The Morgan fingerprint density at radius 2 is 1.32 bits per heavy atom. The molecular weight excluding hydrogens is 346 g/mol. The molecule has 3 heteroatoms. The minimum absolute atomic E-state index is 0.164. The van der Waals surface area contributed by atoms with Crippen LogP contribution in [0.3, 0.4) is 0 Å². The van der Waals surface area contributed by atoms with Crippen molar-refractivity contribution in [3.05, 3.63) is 42.5 Å². The van der Waals surface area contributed by atoms with E-state index in [1.165, 1.54) is 70.6 Å². The molecule has 0 bridgehead atoms. The number of ether oxygens (including phenoxy) is 1. The highest BCUT2D eigenvalue weighted by Gasteiger charge is 1.94.